The highest BCUT2D eigenvalue weighted by Crippen LogP contribution is 2.30. The van der Waals surface area contributed by atoms with Gasteiger partial charge in [0, 0.05) is 12.6 Å². The number of hydrogen-bond donors (Lipinski definition) is 2. The lowest BCUT2D eigenvalue weighted by Crippen LogP contribution is -2.40. The Bertz CT molecular complexity index is 571. The minimum Gasteiger partial charge on any atom is -0.384 e. The predicted octanol–water partition coefficient (Wildman–Crippen LogP) is 3.22. The van der Waals surface area contributed by atoms with Gasteiger partial charge in [-0.25, -0.2) is 13.1 Å². The Morgan fingerprint density at radius 3 is 2.52 bits per heavy atom. The van der Waals surface area contributed by atoms with Crippen LogP contribution in [0.5, 0.6) is 0 Å². The van der Waals surface area contributed by atoms with Crippen LogP contribution >= 0.6 is 0 Å². The van der Waals surface area contributed by atoms with Gasteiger partial charge < -0.3 is 5.32 Å². The molecule has 1 aliphatic carbocycles. The Kier molecular flexibility index (Phi) is 5.27. The van der Waals surface area contributed by atoms with Gasteiger partial charge in [-0.05, 0) is 50.2 Å². The molecule has 1 saturated carbocycles. The highest BCUT2D eigenvalue weighted by molar-refractivity contribution is 7.89. The molecule has 118 valence electrons. The zero-order chi connectivity index (χ0) is 15.5. The quantitative estimate of drug-likeness (QED) is 0.878. The summed E-state index contributed by atoms with van der Waals surface area (Å²) in [6.07, 6.45) is 2.93. The van der Waals surface area contributed by atoms with Crippen molar-refractivity contribution < 1.29 is 8.42 Å². The van der Waals surface area contributed by atoms with Crippen molar-refractivity contribution in [2.24, 2.45) is 11.8 Å². The molecule has 2 N–H and O–H groups in total. The van der Waals surface area contributed by atoms with Crippen molar-refractivity contribution in [3.8, 4) is 0 Å². The molecule has 2 rings (SSSR count). The van der Waals surface area contributed by atoms with Gasteiger partial charge >= 0.3 is 0 Å². The Labute approximate surface area is 128 Å². The van der Waals surface area contributed by atoms with Crippen LogP contribution in [-0.4, -0.2) is 21.0 Å². The number of hydrogen-bond acceptors (Lipinski definition) is 3. The Morgan fingerprint density at radius 2 is 1.86 bits per heavy atom. The summed E-state index contributed by atoms with van der Waals surface area (Å²) in [4.78, 5) is 0.345. The van der Waals surface area contributed by atoms with Gasteiger partial charge in [0.25, 0.3) is 0 Å². The van der Waals surface area contributed by atoms with E-state index >= 15 is 0 Å². The first-order chi connectivity index (χ1) is 9.94. The zero-order valence-corrected chi connectivity index (χ0v) is 13.9. The van der Waals surface area contributed by atoms with E-state index in [0.29, 0.717) is 29.0 Å². The van der Waals surface area contributed by atoms with Crippen molar-refractivity contribution >= 4 is 15.7 Å². The lowest BCUT2D eigenvalue weighted by molar-refractivity contribution is 0.242. The molecule has 3 unspecified atom stereocenters. The van der Waals surface area contributed by atoms with Gasteiger partial charge in [0.15, 0.2) is 0 Å². The molecule has 3 atom stereocenters. The van der Waals surface area contributed by atoms with Crippen LogP contribution in [0.1, 0.15) is 40.0 Å². The van der Waals surface area contributed by atoms with Crippen molar-refractivity contribution in [2.45, 2.75) is 51.0 Å². The van der Waals surface area contributed by atoms with Crippen LogP contribution in [0.2, 0.25) is 0 Å². The van der Waals surface area contributed by atoms with Crippen molar-refractivity contribution in [2.75, 3.05) is 11.9 Å². The standard InChI is InChI=1S/C16H26N2O2S/c1-4-17-15-7-5-6-8-16(15)21(19,20)18-14-10-9-12(2)13(3)11-14/h5-8,12-14,17-18H,4,9-11H2,1-3H3. The van der Waals surface area contributed by atoms with E-state index in [0.717, 1.165) is 19.3 Å². The third-order valence-electron chi connectivity index (χ3n) is 4.46. The molecule has 0 aliphatic heterocycles. The normalized spacial score (nSPS) is 26.5. The fraction of sp³-hybridized carbons (Fsp3) is 0.625. The van der Waals surface area contributed by atoms with Crippen molar-refractivity contribution in [3.63, 3.8) is 0 Å². The molecular formula is C16H26N2O2S. The SMILES string of the molecule is CCNc1ccccc1S(=O)(=O)NC1CCC(C)C(C)C1. The lowest BCUT2D eigenvalue weighted by atomic mass is 9.79. The summed E-state index contributed by atoms with van der Waals surface area (Å²) in [6.45, 7) is 7.11. The van der Waals surface area contributed by atoms with Crippen LogP contribution in [0.25, 0.3) is 0 Å². The summed E-state index contributed by atoms with van der Waals surface area (Å²) in [5.41, 5.74) is 0.671. The van der Waals surface area contributed by atoms with E-state index in [1.54, 1.807) is 12.1 Å². The topological polar surface area (TPSA) is 58.2 Å². The first kappa shape index (κ1) is 16.3. The summed E-state index contributed by atoms with van der Waals surface area (Å²) in [7, 11) is -3.47. The zero-order valence-electron chi connectivity index (χ0n) is 13.1. The van der Waals surface area contributed by atoms with E-state index in [2.05, 4.69) is 23.9 Å². The Balaban J connectivity index is 2.15. The maximum atomic E-state index is 12.6. The first-order valence-electron chi connectivity index (χ1n) is 7.79. The van der Waals surface area contributed by atoms with Crippen molar-refractivity contribution in [1.29, 1.82) is 0 Å². The summed E-state index contributed by atoms with van der Waals surface area (Å²) in [6, 6.07) is 7.14. The molecule has 1 aromatic rings. The molecule has 1 fully saturated rings. The monoisotopic (exact) mass is 310 g/mol. The van der Waals surface area contributed by atoms with Gasteiger partial charge in [-0.2, -0.15) is 0 Å². The van der Waals surface area contributed by atoms with Gasteiger partial charge in [0.2, 0.25) is 10.0 Å². The van der Waals surface area contributed by atoms with E-state index in [4.69, 9.17) is 0 Å². The maximum Gasteiger partial charge on any atom is 0.242 e. The second-order valence-corrected chi connectivity index (χ2v) is 7.79. The molecule has 1 aromatic carbocycles. The van der Waals surface area contributed by atoms with Crippen molar-refractivity contribution in [3.05, 3.63) is 24.3 Å². The number of rotatable bonds is 5. The van der Waals surface area contributed by atoms with Gasteiger partial charge in [-0.1, -0.05) is 26.0 Å². The third kappa shape index (κ3) is 3.98. The van der Waals surface area contributed by atoms with Gasteiger partial charge in [-0.3, -0.25) is 0 Å². The smallest absolute Gasteiger partial charge is 0.242 e. The van der Waals surface area contributed by atoms with E-state index in [1.165, 1.54) is 0 Å². The summed E-state index contributed by atoms with van der Waals surface area (Å²) in [5, 5.41) is 3.12. The largest absolute Gasteiger partial charge is 0.384 e. The Hall–Kier alpha value is -1.07. The van der Waals surface area contributed by atoms with E-state index in [-0.39, 0.29) is 6.04 Å². The maximum absolute atomic E-state index is 12.6. The molecule has 0 amide bonds. The summed E-state index contributed by atoms with van der Waals surface area (Å²) >= 11 is 0. The molecule has 0 spiro atoms. The first-order valence-corrected chi connectivity index (χ1v) is 9.27. The minimum atomic E-state index is -3.47. The number of benzene rings is 1. The van der Waals surface area contributed by atoms with Crippen LogP contribution in [0.15, 0.2) is 29.2 Å². The second-order valence-electron chi connectivity index (χ2n) is 6.11. The molecule has 4 nitrogen and oxygen atoms in total. The molecule has 0 heterocycles. The van der Waals surface area contributed by atoms with E-state index < -0.39 is 10.0 Å². The van der Waals surface area contributed by atoms with E-state index in [9.17, 15) is 8.42 Å². The van der Waals surface area contributed by atoms with Crippen LogP contribution in [0.3, 0.4) is 0 Å². The average Bonchev–Trinajstić information content (AvgIpc) is 2.43. The molecule has 0 radical (unpaired) electrons. The average molecular weight is 310 g/mol. The lowest BCUT2D eigenvalue weighted by Gasteiger charge is -2.32. The molecule has 0 bridgehead atoms. The number of anilines is 1. The molecule has 0 aromatic heterocycles. The van der Waals surface area contributed by atoms with Crippen molar-refractivity contribution in [1.82, 2.24) is 4.72 Å². The number of sulfonamides is 1. The number of para-hydroxylation sites is 1. The van der Waals surface area contributed by atoms with Crippen LogP contribution in [0.4, 0.5) is 5.69 Å². The van der Waals surface area contributed by atoms with E-state index in [1.807, 2.05) is 19.1 Å². The van der Waals surface area contributed by atoms with Crippen LogP contribution in [-0.2, 0) is 10.0 Å². The summed E-state index contributed by atoms with van der Waals surface area (Å²) in [5.74, 6) is 1.25. The molecule has 0 saturated heterocycles. The number of nitrogens with one attached hydrogen (secondary N) is 2. The fourth-order valence-corrected chi connectivity index (χ4v) is 4.44. The Morgan fingerprint density at radius 1 is 1.14 bits per heavy atom. The molecule has 21 heavy (non-hydrogen) atoms. The second kappa shape index (κ2) is 6.79. The highest BCUT2D eigenvalue weighted by atomic mass is 32.2. The molecule has 1 aliphatic rings. The highest BCUT2D eigenvalue weighted by Gasteiger charge is 2.29. The summed E-state index contributed by atoms with van der Waals surface area (Å²) < 4.78 is 28.2. The minimum absolute atomic E-state index is 0.0517. The fourth-order valence-electron chi connectivity index (χ4n) is 2.97. The van der Waals surface area contributed by atoms with Gasteiger partial charge in [0.05, 0.1) is 5.69 Å². The van der Waals surface area contributed by atoms with Gasteiger partial charge in [-0.15, -0.1) is 0 Å². The van der Waals surface area contributed by atoms with Gasteiger partial charge in [0.1, 0.15) is 4.90 Å². The van der Waals surface area contributed by atoms with Crippen LogP contribution in [0, 0.1) is 11.8 Å². The molecular weight excluding hydrogens is 284 g/mol. The van der Waals surface area contributed by atoms with Crippen LogP contribution < -0.4 is 10.0 Å². The predicted molar refractivity (Wildman–Crippen MR) is 86.9 cm³/mol. The molecule has 5 heteroatoms. The third-order valence-corrected chi connectivity index (χ3v) is 6.04.